The van der Waals surface area contributed by atoms with Crippen molar-refractivity contribution in [2.24, 2.45) is 0 Å². The number of nitrogens with one attached hydrogen (secondary N) is 2. The fraction of sp³-hybridized carbons (Fsp3) is 0.300. The van der Waals surface area contributed by atoms with E-state index in [1.165, 1.54) is 4.90 Å². The summed E-state index contributed by atoms with van der Waals surface area (Å²) in [6, 6.07) is 19.1. The topological polar surface area (TPSA) is 126 Å². The van der Waals surface area contributed by atoms with Crippen molar-refractivity contribution in [2.75, 3.05) is 33.4 Å². The van der Waals surface area contributed by atoms with E-state index in [9.17, 15) is 19.5 Å². The molecule has 0 aromatic heterocycles. The molecule has 6 bridgehead atoms. The van der Waals surface area contributed by atoms with E-state index in [1.54, 1.807) is 43.5 Å². The van der Waals surface area contributed by atoms with E-state index >= 15 is 0 Å². The van der Waals surface area contributed by atoms with Crippen LogP contribution in [0, 0.1) is 0 Å². The molecular weight excluding hydrogens is 514 g/mol. The molecule has 3 aromatic carbocycles. The first-order valence-corrected chi connectivity index (χ1v) is 13.1. The van der Waals surface area contributed by atoms with Gasteiger partial charge in [-0.05, 0) is 53.6 Å². The Morgan fingerprint density at radius 3 is 2.65 bits per heavy atom. The fourth-order valence-corrected chi connectivity index (χ4v) is 4.88. The zero-order chi connectivity index (χ0) is 28.1. The number of piperidine rings is 1. The Bertz CT molecular complexity index is 1390. The highest BCUT2D eigenvalue weighted by atomic mass is 16.5. The van der Waals surface area contributed by atoms with E-state index in [4.69, 9.17) is 14.2 Å². The van der Waals surface area contributed by atoms with Crippen molar-refractivity contribution in [1.29, 1.82) is 0 Å². The van der Waals surface area contributed by atoms with Crippen molar-refractivity contribution in [3.63, 3.8) is 0 Å². The number of methoxy groups -OCH3 is 1. The lowest BCUT2D eigenvalue weighted by Gasteiger charge is -2.38. The number of aliphatic hydroxyl groups excluding tert-OH is 1. The predicted octanol–water partition coefficient (Wildman–Crippen LogP) is 2.14. The van der Waals surface area contributed by atoms with Gasteiger partial charge in [-0.2, -0.15) is 0 Å². The molecule has 1 fully saturated rings. The molecule has 0 spiro atoms. The first-order chi connectivity index (χ1) is 19.4. The summed E-state index contributed by atoms with van der Waals surface area (Å²) in [5, 5.41) is 15.3. The Balaban J connectivity index is 1.50. The van der Waals surface area contributed by atoms with E-state index in [1.807, 2.05) is 30.3 Å². The number of hydrogen-bond donors (Lipinski definition) is 3. The lowest BCUT2D eigenvalue weighted by Crippen LogP contribution is -2.58. The first-order valence-electron chi connectivity index (χ1n) is 13.1. The Morgan fingerprint density at radius 1 is 1.05 bits per heavy atom. The lowest BCUT2D eigenvalue weighted by atomic mass is 9.99. The Morgan fingerprint density at radius 2 is 1.88 bits per heavy atom. The van der Waals surface area contributed by atoms with Gasteiger partial charge in [0.05, 0.1) is 13.2 Å². The van der Waals surface area contributed by atoms with Gasteiger partial charge in [-0.3, -0.25) is 14.4 Å². The molecule has 3 N–H and O–H groups in total. The Kier molecular flexibility index (Phi) is 8.16. The van der Waals surface area contributed by atoms with E-state index in [0.29, 0.717) is 47.9 Å². The van der Waals surface area contributed by atoms with Crippen LogP contribution in [-0.2, 0) is 16.1 Å². The molecule has 3 aliphatic heterocycles. The summed E-state index contributed by atoms with van der Waals surface area (Å²) in [6.07, 6.45) is 0.0594. The van der Waals surface area contributed by atoms with Gasteiger partial charge in [0, 0.05) is 37.2 Å². The molecule has 10 heteroatoms. The molecule has 0 unspecified atom stereocenters. The van der Waals surface area contributed by atoms with Crippen molar-refractivity contribution in [1.82, 2.24) is 15.5 Å². The van der Waals surface area contributed by atoms with Crippen LogP contribution in [0.3, 0.4) is 0 Å². The number of benzene rings is 3. The molecule has 3 aliphatic rings. The smallest absolute Gasteiger partial charge is 0.258 e. The van der Waals surface area contributed by atoms with E-state index in [-0.39, 0.29) is 25.0 Å². The SMILES string of the molecule is COc1ccc2cc1-c1cccc(c1)OCC(=O)NCc1ccc(cc1)O[C@@H]1CCN(C(=O)CO)C[C@H]1NC2=O. The van der Waals surface area contributed by atoms with Gasteiger partial charge in [0.2, 0.25) is 5.91 Å². The van der Waals surface area contributed by atoms with Gasteiger partial charge in [0.15, 0.2) is 6.61 Å². The lowest BCUT2D eigenvalue weighted by molar-refractivity contribution is -0.136. The summed E-state index contributed by atoms with van der Waals surface area (Å²) in [5.41, 5.74) is 2.70. The van der Waals surface area contributed by atoms with Crippen molar-refractivity contribution in [2.45, 2.75) is 25.1 Å². The number of aliphatic hydroxyl groups is 1. The second-order valence-corrected chi connectivity index (χ2v) is 9.68. The number of likely N-dealkylation sites (tertiary alicyclic amines) is 1. The fourth-order valence-electron chi connectivity index (χ4n) is 4.88. The standard InChI is InChI=1S/C30H31N3O7/c1-38-26-10-7-21-14-24(26)20-3-2-4-23(13-20)39-18-28(35)31-15-19-5-8-22(9-6-19)40-27-11-12-33(29(36)17-34)16-25(27)32-30(21)37/h2-10,13-14,25,27,34H,11-12,15-18H2,1H3,(H,31,35)(H,32,37)/t25-,27-/m1/s1. The molecule has 3 amide bonds. The monoisotopic (exact) mass is 545 g/mol. The number of fused-ring (bicyclic) bond motifs is 7. The zero-order valence-electron chi connectivity index (χ0n) is 22.1. The average Bonchev–Trinajstić information content (AvgIpc) is 2.99. The van der Waals surface area contributed by atoms with Crippen molar-refractivity contribution < 1.29 is 33.7 Å². The minimum atomic E-state index is -0.602. The molecule has 3 heterocycles. The Labute approximate surface area is 231 Å². The number of hydrogen-bond acceptors (Lipinski definition) is 7. The number of ether oxygens (including phenoxy) is 3. The van der Waals surface area contributed by atoms with Crippen LogP contribution in [0.15, 0.2) is 66.7 Å². The molecule has 208 valence electrons. The van der Waals surface area contributed by atoms with Gasteiger partial charge in [-0.25, -0.2) is 0 Å². The van der Waals surface area contributed by atoms with Crippen LogP contribution < -0.4 is 24.8 Å². The molecule has 3 aromatic rings. The van der Waals surface area contributed by atoms with Crippen LogP contribution >= 0.6 is 0 Å². The summed E-state index contributed by atoms with van der Waals surface area (Å²) in [6.45, 7) is 0.165. The minimum absolute atomic E-state index is 0.150. The number of nitrogens with zero attached hydrogens (tertiary/aromatic N) is 1. The normalized spacial score (nSPS) is 19.3. The molecule has 0 radical (unpaired) electrons. The molecule has 0 aliphatic carbocycles. The van der Waals surface area contributed by atoms with Crippen molar-refractivity contribution in [3.05, 3.63) is 77.9 Å². The van der Waals surface area contributed by atoms with Gasteiger partial charge < -0.3 is 34.9 Å². The van der Waals surface area contributed by atoms with Gasteiger partial charge >= 0.3 is 0 Å². The third-order valence-electron chi connectivity index (χ3n) is 7.03. The highest BCUT2D eigenvalue weighted by Gasteiger charge is 2.34. The number of carbonyl (C=O) groups excluding carboxylic acids is 3. The zero-order valence-corrected chi connectivity index (χ0v) is 22.1. The first kappa shape index (κ1) is 27.0. The van der Waals surface area contributed by atoms with E-state index in [2.05, 4.69) is 10.6 Å². The summed E-state index contributed by atoms with van der Waals surface area (Å²) >= 11 is 0. The maximum absolute atomic E-state index is 13.5. The second-order valence-electron chi connectivity index (χ2n) is 9.68. The third-order valence-corrected chi connectivity index (χ3v) is 7.03. The van der Waals surface area contributed by atoms with E-state index < -0.39 is 24.7 Å². The highest BCUT2D eigenvalue weighted by Crippen LogP contribution is 2.33. The largest absolute Gasteiger partial charge is 0.496 e. The molecule has 40 heavy (non-hydrogen) atoms. The van der Waals surface area contributed by atoms with Crippen molar-refractivity contribution in [3.8, 4) is 28.4 Å². The predicted molar refractivity (Wildman–Crippen MR) is 146 cm³/mol. The second kappa shape index (κ2) is 12.1. The molecule has 10 nitrogen and oxygen atoms in total. The molecule has 2 atom stereocenters. The maximum atomic E-state index is 13.5. The molecule has 0 saturated carbocycles. The van der Waals surface area contributed by atoms with Gasteiger partial charge in [-0.15, -0.1) is 0 Å². The summed E-state index contributed by atoms with van der Waals surface area (Å²) in [5.74, 6) is 0.663. The summed E-state index contributed by atoms with van der Waals surface area (Å²) in [7, 11) is 1.55. The van der Waals surface area contributed by atoms with Gasteiger partial charge in [0.25, 0.3) is 11.8 Å². The van der Waals surface area contributed by atoms with Crippen LogP contribution in [0.1, 0.15) is 22.3 Å². The van der Waals surface area contributed by atoms with Crippen LogP contribution in [0.4, 0.5) is 0 Å². The highest BCUT2D eigenvalue weighted by molar-refractivity contribution is 5.96. The minimum Gasteiger partial charge on any atom is -0.496 e. The molecule has 1 saturated heterocycles. The Hall–Kier alpha value is -4.57. The number of rotatable bonds is 2. The van der Waals surface area contributed by atoms with Crippen LogP contribution in [0.25, 0.3) is 11.1 Å². The van der Waals surface area contributed by atoms with Crippen LogP contribution in [0.2, 0.25) is 0 Å². The summed E-state index contributed by atoms with van der Waals surface area (Å²) < 4.78 is 17.6. The van der Waals surface area contributed by atoms with Gasteiger partial charge in [0.1, 0.15) is 30.0 Å². The van der Waals surface area contributed by atoms with E-state index in [0.717, 1.165) is 11.1 Å². The summed E-state index contributed by atoms with van der Waals surface area (Å²) in [4.78, 5) is 39.7. The van der Waals surface area contributed by atoms with Crippen molar-refractivity contribution >= 4 is 17.7 Å². The quantitative estimate of drug-likeness (QED) is 0.451. The number of amides is 3. The third kappa shape index (κ3) is 6.18. The van der Waals surface area contributed by atoms with Crippen LogP contribution in [0.5, 0.6) is 17.2 Å². The van der Waals surface area contributed by atoms with Crippen LogP contribution in [-0.4, -0.2) is 73.3 Å². The molecule has 6 rings (SSSR count). The van der Waals surface area contributed by atoms with Gasteiger partial charge in [-0.1, -0.05) is 24.3 Å². The molecular formula is C30H31N3O7. The number of carbonyl (C=O) groups is 3. The maximum Gasteiger partial charge on any atom is 0.258 e. The average molecular weight is 546 g/mol.